The van der Waals surface area contributed by atoms with E-state index in [1.54, 1.807) is 9.47 Å². The molecule has 11 nitrogen and oxygen atoms in total. The number of aromatic nitrogens is 3. The van der Waals surface area contributed by atoms with E-state index in [0.29, 0.717) is 31.1 Å². The molecule has 1 aromatic carbocycles. The quantitative estimate of drug-likeness (QED) is 0.396. The zero-order valence-electron chi connectivity index (χ0n) is 27.2. The van der Waals surface area contributed by atoms with Crippen molar-refractivity contribution in [1.29, 1.82) is 0 Å². The number of alkyl halides is 3. The van der Waals surface area contributed by atoms with Crippen LogP contribution in [0, 0.1) is 11.3 Å². The second kappa shape index (κ2) is 12.1. The number of benzene rings is 1. The number of halogens is 4. The first-order chi connectivity index (χ1) is 22.4. The van der Waals surface area contributed by atoms with Gasteiger partial charge in [0.1, 0.15) is 17.1 Å². The minimum Gasteiger partial charge on any atom is -0.444 e. The first kappa shape index (κ1) is 34.3. The maximum absolute atomic E-state index is 13.5. The Hall–Kier alpha value is -3.62. The van der Waals surface area contributed by atoms with Crippen LogP contribution in [0.5, 0.6) is 0 Å². The first-order valence-corrected chi connectivity index (χ1v) is 16.3. The van der Waals surface area contributed by atoms with Crippen LogP contribution in [0.4, 0.5) is 18.0 Å². The monoisotopic (exact) mass is 693 g/mol. The van der Waals surface area contributed by atoms with Gasteiger partial charge in [0.2, 0.25) is 5.91 Å². The topological polar surface area (TPSA) is 119 Å². The predicted molar refractivity (Wildman–Crippen MR) is 170 cm³/mol. The van der Waals surface area contributed by atoms with Crippen LogP contribution in [0.25, 0.3) is 16.7 Å². The van der Waals surface area contributed by atoms with Gasteiger partial charge in [-0.15, -0.1) is 0 Å². The largest absolute Gasteiger partial charge is 0.444 e. The second-order valence-corrected chi connectivity index (χ2v) is 14.7. The Morgan fingerprint density at radius 1 is 1.12 bits per heavy atom. The maximum Gasteiger partial charge on any atom is 0.410 e. The molecular formula is C33H39ClF3N5O6. The summed E-state index contributed by atoms with van der Waals surface area (Å²) in [6, 6.07) is 8.49. The van der Waals surface area contributed by atoms with E-state index in [1.165, 1.54) is 28.8 Å². The number of piperidine rings is 1. The summed E-state index contributed by atoms with van der Waals surface area (Å²) in [6.45, 7) is 7.95. The standard InChI is InChI=1S/C33H39ClF3N5O6/c1-30(2,3)48-29(45)41-13-14-47-17-23(41)20-5-7-21(8-6-20)42-25(34)15-22-26(42)38-19-40(27(22)43)18-32(46)9-11-39(12-10-32)28(44)31(4)16-24(31)33(35,36)37/h5-8,15,19,23-24,46H,9-14,16-18H2,1-4H3/t23-,24-,31-/m1/s1. The van der Waals surface area contributed by atoms with Crippen LogP contribution in [-0.2, 0) is 20.8 Å². The minimum atomic E-state index is -4.42. The number of morpholine rings is 1. The molecule has 2 aromatic heterocycles. The van der Waals surface area contributed by atoms with Gasteiger partial charge in [-0.2, -0.15) is 13.2 Å². The van der Waals surface area contributed by atoms with Crippen LogP contribution in [0.3, 0.4) is 0 Å². The highest BCUT2D eigenvalue weighted by molar-refractivity contribution is 6.31. The summed E-state index contributed by atoms with van der Waals surface area (Å²) < 4.78 is 53.7. The number of nitrogens with zero attached hydrogens (tertiary/aromatic N) is 5. The molecule has 1 aliphatic carbocycles. The molecule has 48 heavy (non-hydrogen) atoms. The predicted octanol–water partition coefficient (Wildman–Crippen LogP) is 5.09. The lowest BCUT2D eigenvalue weighted by atomic mass is 9.90. The molecule has 15 heteroatoms. The van der Waals surface area contributed by atoms with Gasteiger partial charge in [0.25, 0.3) is 5.56 Å². The highest BCUT2D eigenvalue weighted by Crippen LogP contribution is 2.61. The number of rotatable bonds is 5. The molecule has 6 rings (SSSR count). The lowest BCUT2D eigenvalue weighted by Gasteiger charge is -2.39. The van der Waals surface area contributed by atoms with Crippen molar-refractivity contribution in [3.05, 3.63) is 57.7 Å². The number of carbonyl (C=O) groups excluding carboxylic acids is 2. The molecule has 3 aliphatic rings. The molecule has 4 heterocycles. The summed E-state index contributed by atoms with van der Waals surface area (Å²) >= 11 is 6.61. The molecule has 3 aromatic rings. The molecule has 0 unspecified atom stereocenters. The maximum atomic E-state index is 13.5. The Labute approximate surface area is 280 Å². The van der Waals surface area contributed by atoms with Crippen molar-refractivity contribution in [2.45, 2.75) is 76.9 Å². The number of hydrogen-bond donors (Lipinski definition) is 1. The molecular weight excluding hydrogens is 655 g/mol. The fourth-order valence-electron chi connectivity index (χ4n) is 6.75. The summed E-state index contributed by atoms with van der Waals surface area (Å²) in [7, 11) is 0. The van der Waals surface area contributed by atoms with Gasteiger partial charge in [0.05, 0.1) is 48.1 Å². The third-order valence-electron chi connectivity index (χ3n) is 9.60. The molecule has 0 spiro atoms. The van der Waals surface area contributed by atoms with E-state index in [-0.39, 0.29) is 55.5 Å². The zero-order valence-corrected chi connectivity index (χ0v) is 28.0. The Bertz CT molecular complexity index is 1780. The van der Waals surface area contributed by atoms with Crippen LogP contribution >= 0.6 is 11.6 Å². The van der Waals surface area contributed by atoms with Gasteiger partial charge >= 0.3 is 12.3 Å². The molecule has 0 radical (unpaired) electrons. The molecule has 2 amide bonds. The van der Waals surface area contributed by atoms with Crippen molar-refractivity contribution in [2.24, 2.45) is 11.3 Å². The van der Waals surface area contributed by atoms with Gasteiger partial charge in [-0.1, -0.05) is 30.7 Å². The Balaban J connectivity index is 1.16. The molecule has 2 saturated heterocycles. The van der Waals surface area contributed by atoms with Gasteiger partial charge in [0, 0.05) is 25.3 Å². The van der Waals surface area contributed by atoms with E-state index in [9.17, 15) is 32.7 Å². The Morgan fingerprint density at radius 3 is 2.40 bits per heavy atom. The Morgan fingerprint density at radius 2 is 1.79 bits per heavy atom. The van der Waals surface area contributed by atoms with Crippen molar-refractivity contribution in [1.82, 2.24) is 23.9 Å². The summed E-state index contributed by atoms with van der Waals surface area (Å²) in [6.07, 6.45) is -3.54. The SMILES string of the molecule is CC(C)(C)OC(=O)N1CCOC[C@@H]1c1ccc(-n2c(Cl)cc3c(=O)n(CC4(O)CCN(C(=O)[C@]5(C)C[C@H]5C(F)(F)F)CC4)cnc32)cc1. The van der Waals surface area contributed by atoms with E-state index in [1.807, 2.05) is 45.0 Å². The van der Waals surface area contributed by atoms with Crippen molar-refractivity contribution in [3.8, 4) is 5.69 Å². The number of fused-ring (bicyclic) bond motifs is 1. The van der Waals surface area contributed by atoms with Crippen LogP contribution in [0.1, 0.15) is 58.6 Å². The van der Waals surface area contributed by atoms with Gasteiger partial charge in [-0.25, -0.2) is 9.78 Å². The molecule has 1 N–H and O–H groups in total. The van der Waals surface area contributed by atoms with Crippen molar-refractivity contribution >= 4 is 34.6 Å². The molecule has 260 valence electrons. The molecule has 3 fully saturated rings. The Kier molecular flexibility index (Phi) is 8.60. The van der Waals surface area contributed by atoms with Crippen molar-refractivity contribution in [3.63, 3.8) is 0 Å². The average Bonchev–Trinajstić information content (AvgIpc) is 3.63. The van der Waals surface area contributed by atoms with Gasteiger partial charge < -0.3 is 19.5 Å². The van der Waals surface area contributed by atoms with Crippen molar-refractivity contribution in [2.75, 3.05) is 32.8 Å². The van der Waals surface area contributed by atoms with E-state index in [0.717, 1.165) is 5.56 Å². The summed E-state index contributed by atoms with van der Waals surface area (Å²) in [5, 5.41) is 11.8. The highest BCUT2D eigenvalue weighted by Gasteiger charge is 2.68. The molecule has 0 bridgehead atoms. The van der Waals surface area contributed by atoms with Crippen LogP contribution in [0.15, 0.2) is 41.5 Å². The smallest absolute Gasteiger partial charge is 0.410 e. The second-order valence-electron chi connectivity index (χ2n) is 14.3. The zero-order chi connectivity index (χ0) is 34.8. The summed E-state index contributed by atoms with van der Waals surface area (Å²) in [4.78, 5) is 46.9. The van der Waals surface area contributed by atoms with Crippen molar-refractivity contribution < 1.29 is 37.3 Å². The third-order valence-corrected chi connectivity index (χ3v) is 9.88. The molecule has 2 aliphatic heterocycles. The third kappa shape index (κ3) is 6.53. The number of aliphatic hydroxyl groups is 1. The number of carbonyl (C=O) groups is 2. The highest BCUT2D eigenvalue weighted by atomic mass is 35.5. The first-order valence-electron chi connectivity index (χ1n) is 15.9. The molecule has 3 atom stereocenters. The van der Waals surface area contributed by atoms with E-state index in [2.05, 4.69) is 4.98 Å². The summed E-state index contributed by atoms with van der Waals surface area (Å²) in [5.41, 5.74) is -2.10. The van der Waals surface area contributed by atoms with E-state index >= 15 is 0 Å². The fourth-order valence-corrected chi connectivity index (χ4v) is 7.04. The van der Waals surface area contributed by atoms with E-state index in [4.69, 9.17) is 21.1 Å². The van der Waals surface area contributed by atoms with Crippen LogP contribution in [0.2, 0.25) is 5.15 Å². The summed E-state index contributed by atoms with van der Waals surface area (Å²) in [5.74, 6) is -2.20. The molecule has 1 saturated carbocycles. The normalized spacial score (nSPS) is 24.5. The number of hydrogen-bond acceptors (Lipinski definition) is 7. The minimum absolute atomic E-state index is 0.0840. The van der Waals surface area contributed by atoms with Gasteiger partial charge in [0.15, 0.2) is 5.65 Å². The van der Waals surface area contributed by atoms with Crippen LogP contribution < -0.4 is 5.56 Å². The lowest BCUT2D eigenvalue weighted by molar-refractivity contribution is -0.165. The number of likely N-dealkylation sites (tertiary alicyclic amines) is 1. The van der Waals surface area contributed by atoms with Gasteiger partial charge in [-0.05, 0) is 63.8 Å². The fraction of sp³-hybridized carbons (Fsp3) is 0.576. The number of amides is 2. The lowest BCUT2D eigenvalue weighted by Crippen LogP contribution is -2.51. The van der Waals surface area contributed by atoms with E-state index < -0.39 is 46.3 Å². The average molecular weight is 694 g/mol. The number of ether oxygens (including phenoxy) is 2. The van der Waals surface area contributed by atoms with Gasteiger partial charge in [-0.3, -0.25) is 23.6 Å². The van der Waals surface area contributed by atoms with Crippen LogP contribution in [-0.4, -0.2) is 91.3 Å².